The number of hydrogen-bond acceptors (Lipinski definition) is 8. The minimum Gasteiger partial charge on any atom is -0.493 e. The summed E-state index contributed by atoms with van der Waals surface area (Å²) in [5.41, 5.74) is 0.444. The van der Waals surface area contributed by atoms with E-state index < -0.39 is 17.0 Å². The maximum atomic E-state index is 12.7. The molecule has 0 heterocycles. The first-order valence-corrected chi connectivity index (χ1v) is 22.3. The summed E-state index contributed by atoms with van der Waals surface area (Å²) in [5.74, 6) is 1.44. The monoisotopic (exact) mass is 815 g/mol. The summed E-state index contributed by atoms with van der Waals surface area (Å²) < 4.78 is 22.5. The van der Waals surface area contributed by atoms with Gasteiger partial charge in [-0.25, -0.2) is 4.79 Å². The van der Waals surface area contributed by atoms with Gasteiger partial charge in [-0.05, 0) is 94.3 Å². The molecule has 8 nitrogen and oxygen atoms in total. The normalized spacial score (nSPS) is 17.1. The average Bonchev–Trinajstić information content (AvgIpc) is 3.22. The third-order valence-corrected chi connectivity index (χ3v) is 9.78. The van der Waals surface area contributed by atoms with Crippen molar-refractivity contribution in [2.24, 2.45) is 5.41 Å². The molecule has 0 bridgehead atoms. The Morgan fingerprint density at radius 2 is 1.10 bits per heavy atom. The standard InChI is InChI=1S/C24H34O6.C15H22O2.C4H8.3C2H6.CH4/c1-4-5-6-7-8-15-29-20-10-9-19(16-21(20)28-3)22(27)30-24(18-26)13-11-23(2,17-25)12-14-24;1-4-5-6-7-10-17-15-9-8-14(13(3)16)11-12(15)2;1-2-4-3-1;3*1-2;/h9-10,16-18H,4-8,11-15H2,1-3H3;8-9,11H,4-7,10H2,1-3H3;1-4H2;3*1-2H3;1H4. The zero-order valence-electron chi connectivity index (χ0n) is 38.3. The van der Waals surface area contributed by atoms with Crippen LogP contribution in [0.1, 0.15) is 212 Å². The summed E-state index contributed by atoms with van der Waals surface area (Å²) in [7, 11) is 1.52. The van der Waals surface area contributed by atoms with Gasteiger partial charge in [0.1, 0.15) is 12.0 Å². The van der Waals surface area contributed by atoms with E-state index in [-0.39, 0.29) is 13.2 Å². The van der Waals surface area contributed by atoms with Gasteiger partial charge in [0, 0.05) is 11.0 Å². The van der Waals surface area contributed by atoms with Crippen molar-refractivity contribution in [3.63, 3.8) is 0 Å². The second kappa shape index (κ2) is 36.4. The first kappa shape index (κ1) is 58.6. The number of unbranched alkanes of at least 4 members (excludes halogenated alkanes) is 7. The second-order valence-electron chi connectivity index (χ2n) is 14.3. The van der Waals surface area contributed by atoms with Crippen LogP contribution < -0.4 is 14.2 Å². The number of aldehydes is 2. The maximum absolute atomic E-state index is 12.7. The molecule has 4 rings (SSSR count). The fourth-order valence-electron chi connectivity index (χ4n) is 5.64. The van der Waals surface area contributed by atoms with Crippen molar-refractivity contribution in [2.75, 3.05) is 20.3 Å². The predicted octanol–water partition coefficient (Wildman–Crippen LogP) is 14.3. The van der Waals surface area contributed by atoms with E-state index in [0.29, 0.717) is 55.6 Å². The summed E-state index contributed by atoms with van der Waals surface area (Å²) in [6.45, 7) is 23.2. The molecule has 0 aromatic heterocycles. The van der Waals surface area contributed by atoms with Gasteiger partial charge in [-0.3, -0.25) is 9.59 Å². The number of Topliss-reactive ketones (excluding diaryl/α,β-unsaturated/α-hetero) is 1. The summed E-state index contributed by atoms with van der Waals surface area (Å²) in [5, 5.41) is 0. The number of ether oxygens (including phenoxy) is 4. The second-order valence-corrected chi connectivity index (χ2v) is 14.3. The van der Waals surface area contributed by atoms with Gasteiger partial charge in [-0.15, -0.1) is 0 Å². The van der Waals surface area contributed by atoms with Crippen molar-refractivity contribution in [3.8, 4) is 17.2 Å². The van der Waals surface area contributed by atoms with Gasteiger partial charge in [0.05, 0.1) is 25.9 Å². The number of carbonyl (C=O) groups is 4. The largest absolute Gasteiger partial charge is 0.493 e. The van der Waals surface area contributed by atoms with Crippen molar-refractivity contribution in [2.45, 2.75) is 198 Å². The van der Waals surface area contributed by atoms with Gasteiger partial charge in [-0.2, -0.15) is 0 Å². The Labute approximate surface area is 355 Å². The van der Waals surface area contributed by atoms with Crippen LogP contribution in [0, 0.1) is 12.3 Å². The SMILES string of the molecule is C.C1CCC1.CC.CC.CC.CCCCCCCOc1ccc(C(=O)OC2(C=O)CCC(C)(C=O)CC2)cc1OC.CCCCCCOc1ccc(C(C)=O)cc1C. The molecule has 0 N–H and O–H groups in total. The van der Waals surface area contributed by atoms with Crippen molar-refractivity contribution in [3.05, 3.63) is 53.1 Å². The fraction of sp³-hybridized carbons (Fsp3) is 0.680. The van der Waals surface area contributed by atoms with Crippen LogP contribution in [0.2, 0.25) is 0 Å². The van der Waals surface area contributed by atoms with E-state index in [0.717, 1.165) is 49.0 Å². The van der Waals surface area contributed by atoms with Crippen LogP contribution in [-0.2, 0) is 14.3 Å². The highest BCUT2D eigenvalue weighted by Crippen LogP contribution is 2.41. The molecule has 0 aliphatic heterocycles. The van der Waals surface area contributed by atoms with E-state index in [1.165, 1.54) is 71.3 Å². The Kier molecular flexibility index (Phi) is 36.8. The predicted molar refractivity (Wildman–Crippen MR) is 244 cm³/mol. The van der Waals surface area contributed by atoms with E-state index in [4.69, 9.17) is 18.9 Å². The molecule has 0 spiro atoms. The van der Waals surface area contributed by atoms with Crippen molar-refractivity contribution < 1.29 is 38.1 Å². The van der Waals surface area contributed by atoms with E-state index >= 15 is 0 Å². The number of esters is 1. The van der Waals surface area contributed by atoms with Gasteiger partial charge < -0.3 is 23.7 Å². The van der Waals surface area contributed by atoms with E-state index in [1.54, 1.807) is 25.1 Å². The lowest BCUT2D eigenvalue weighted by atomic mass is 9.71. The molecule has 2 saturated carbocycles. The van der Waals surface area contributed by atoms with Crippen LogP contribution in [-0.4, -0.2) is 50.2 Å². The van der Waals surface area contributed by atoms with Crippen LogP contribution in [0.15, 0.2) is 36.4 Å². The molecule has 2 aromatic carbocycles. The highest BCUT2D eigenvalue weighted by atomic mass is 16.6. The molecule has 0 amide bonds. The number of benzene rings is 2. The van der Waals surface area contributed by atoms with Crippen molar-refractivity contribution >= 4 is 24.3 Å². The highest BCUT2D eigenvalue weighted by molar-refractivity contribution is 5.94. The zero-order chi connectivity index (χ0) is 43.5. The molecular weight excluding hydrogens is 729 g/mol. The van der Waals surface area contributed by atoms with Gasteiger partial charge in [-0.1, -0.05) is 140 Å². The fourth-order valence-corrected chi connectivity index (χ4v) is 5.64. The first-order chi connectivity index (χ1) is 27.6. The number of carbonyl (C=O) groups excluding carboxylic acids is 4. The molecule has 0 saturated heterocycles. The molecule has 0 unspecified atom stereocenters. The minimum absolute atomic E-state index is 0. The Bertz CT molecular complexity index is 1340. The highest BCUT2D eigenvalue weighted by Gasteiger charge is 2.43. The van der Waals surface area contributed by atoms with Crippen LogP contribution in [0.5, 0.6) is 17.2 Å². The van der Waals surface area contributed by atoms with Gasteiger partial charge >= 0.3 is 5.97 Å². The van der Waals surface area contributed by atoms with Crippen LogP contribution in [0.25, 0.3) is 0 Å². The Morgan fingerprint density at radius 3 is 1.53 bits per heavy atom. The van der Waals surface area contributed by atoms with E-state index in [9.17, 15) is 19.2 Å². The molecule has 0 atom stereocenters. The number of methoxy groups -OCH3 is 1. The lowest BCUT2D eigenvalue weighted by Gasteiger charge is -2.38. The van der Waals surface area contributed by atoms with Crippen LogP contribution >= 0.6 is 0 Å². The first-order valence-electron chi connectivity index (χ1n) is 22.3. The third kappa shape index (κ3) is 23.7. The molecule has 2 aliphatic carbocycles. The third-order valence-electron chi connectivity index (χ3n) is 9.78. The number of hydrogen-bond donors (Lipinski definition) is 0. The average molecular weight is 815 g/mol. The van der Waals surface area contributed by atoms with Gasteiger partial charge in [0.25, 0.3) is 0 Å². The molecular formula is C50H86O8. The molecule has 58 heavy (non-hydrogen) atoms. The lowest BCUT2D eigenvalue weighted by molar-refractivity contribution is -0.134. The summed E-state index contributed by atoms with van der Waals surface area (Å²) in [4.78, 5) is 46.9. The van der Waals surface area contributed by atoms with E-state index in [1.807, 2.05) is 73.6 Å². The number of ketones is 1. The summed E-state index contributed by atoms with van der Waals surface area (Å²) in [6.07, 6.45) is 19.9. The molecule has 2 fully saturated rings. The van der Waals surface area contributed by atoms with Crippen LogP contribution in [0.3, 0.4) is 0 Å². The summed E-state index contributed by atoms with van der Waals surface area (Å²) >= 11 is 0. The van der Waals surface area contributed by atoms with Crippen LogP contribution in [0.4, 0.5) is 0 Å². The van der Waals surface area contributed by atoms with Gasteiger partial charge in [0.2, 0.25) is 0 Å². The van der Waals surface area contributed by atoms with Crippen molar-refractivity contribution in [1.29, 1.82) is 0 Å². The zero-order valence-corrected chi connectivity index (χ0v) is 38.3. The smallest absolute Gasteiger partial charge is 0.339 e. The number of aryl methyl sites for hydroxylation is 1. The molecule has 2 aliphatic rings. The molecule has 0 radical (unpaired) electrons. The minimum atomic E-state index is -1.18. The maximum Gasteiger partial charge on any atom is 0.339 e. The quantitative estimate of drug-likeness (QED) is 0.0597. The topological polar surface area (TPSA) is 105 Å². The van der Waals surface area contributed by atoms with E-state index in [2.05, 4.69) is 13.8 Å². The number of rotatable bonds is 19. The van der Waals surface area contributed by atoms with Gasteiger partial charge in [0.15, 0.2) is 29.2 Å². The molecule has 2 aromatic rings. The summed E-state index contributed by atoms with van der Waals surface area (Å²) in [6, 6.07) is 10.5. The van der Waals surface area contributed by atoms with Crippen molar-refractivity contribution in [1.82, 2.24) is 0 Å². The molecule has 334 valence electrons. The Morgan fingerprint density at radius 1 is 0.638 bits per heavy atom. The lowest BCUT2D eigenvalue weighted by Crippen LogP contribution is -2.43. The Hall–Kier alpha value is -3.68. The molecule has 8 heteroatoms. The Balaban J connectivity index is -0.000000907.